The van der Waals surface area contributed by atoms with Gasteiger partial charge < -0.3 is 10.1 Å². The van der Waals surface area contributed by atoms with Crippen LogP contribution in [0.3, 0.4) is 0 Å². The molecule has 0 unspecified atom stereocenters. The van der Waals surface area contributed by atoms with Gasteiger partial charge in [-0.25, -0.2) is 5.01 Å². The van der Waals surface area contributed by atoms with Gasteiger partial charge in [-0.3, -0.25) is 20.0 Å². The number of pyridine rings is 1. The third-order valence-electron chi connectivity index (χ3n) is 5.54. The number of hydrogen-bond donors (Lipinski definition) is 2. The van der Waals surface area contributed by atoms with Crippen molar-refractivity contribution in [2.24, 2.45) is 0 Å². The molecule has 2 heterocycles. The Morgan fingerprint density at radius 2 is 1.62 bits per heavy atom. The van der Waals surface area contributed by atoms with Crippen molar-refractivity contribution in [3.8, 4) is 5.75 Å². The number of benzene rings is 3. The minimum absolute atomic E-state index is 0.320. The number of carbonyl (C=O) groups is 2. The third kappa shape index (κ3) is 4.31. The fourth-order valence-corrected chi connectivity index (χ4v) is 3.84. The second-order valence-electron chi connectivity index (χ2n) is 7.76. The molecule has 0 spiro atoms. The first kappa shape index (κ1) is 21.2. The number of nitrogens with zero attached hydrogens (tertiary/aromatic N) is 2. The van der Waals surface area contributed by atoms with Crippen molar-refractivity contribution in [3.63, 3.8) is 0 Å². The van der Waals surface area contributed by atoms with Gasteiger partial charge in [0.15, 0.2) is 6.17 Å². The number of aromatic nitrogens is 1. The van der Waals surface area contributed by atoms with Gasteiger partial charge in [-0.15, -0.1) is 0 Å². The second kappa shape index (κ2) is 9.46. The fourth-order valence-electron chi connectivity index (χ4n) is 3.84. The normalized spacial score (nSPS) is 14.6. The van der Waals surface area contributed by atoms with E-state index in [1.165, 1.54) is 17.4 Å². The monoisotopic (exact) mass is 450 g/mol. The highest BCUT2D eigenvalue weighted by Gasteiger charge is 2.35. The molecule has 0 bridgehead atoms. The summed E-state index contributed by atoms with van der Waals surface area (Å²) in [6.45, 7) is 0.373. The molecular weight excluding hydrogens is 428 g/mol. The van der Waals surface area contributed by atoms with Gasteiger partial charge in [-0.2, -0.15) is 0 Å². The van der Waals surface area contributed by atoms with Gasteiger partial charge in [0.1, 0.15) is 12.4 Å². The SMILES string of the molecule is O=C(NN1C(=O)c2ccccc2N[C@H]1c1ccccc1OCc1ccccc1)c1ccncc1. The molecule has 0 saturated heterocycles. The van der Waals surface area contributed by atoms with E-state index in [2.05, 4.69) is 15.7 Å². The smallest absolute Gasteiger partial charge is 0.276 e. The van der Waals surface area contributed by atoms with E-state index in [0.29, 0.717) is 29.2 Å². The molecule has 168 valence electrons. The number of fused-ring (bicyclic) bond motifs is 1. The molecule has 1 aliphatic heterocycles. The molecule has 0 radical (unpaired) electrons. The molecule has 0 saturated carbocycles. The first-order valence-corrected chi connectivity index (χ1v) is 10.9. The number of anilines is 1. The van der Waals surface area contributed by atoms with Crippen LogP contribution in [0.15, 0.2) is 103 Å². The zero-order valence-electron chi connectivity index (χ0n) is 18.2. The highest BCUT2D eigenvalue weighted by molar-refractivity contribution is 6.04. The van der Waals surface area contributed by atoms with Gasteiger partial charge in [-0.1, -0.05) is 60.7 Å². The topological polar surface area (TPSA) is 83.6 Å². The van der Waals surface area contributed by atoms with Crippen molar-refractivity contribution >= 4 is 17.5 Å². The Balaban J connectivity index is 1.49. The lowest BCUT2D eigenvalue weighted by Crippen LogP contribution is -2.53. The number of hydrazine groups is 1. The number of para-hydroxylation sites is 2. The highest BCUT2D eigenvalue weighted by Crippen LogP contribution is 2.36. The molecule has 4 aromatic rings. The average molecular weight is 450 g/mol. The number of carbonyl (C=O) groups excluding carboxylic acids is 2. The first-order chi connectivity index (χ1) is 16.7. The molecule has 3 aromatic carbocycles. The van der Waals surface area contributed by atoms with Crippen LogP contribution >= 0.6 is 0 Å². The van der Waals surface area contributed by atoms with Gasteiger partial charge in [0.2, 0.25) is 0 Å². The van der Waals surface area contributed by atoms with Crippen molar-refractivity contribution in [1.29, 1.82) is 0 Å². The fraction of sp³-hybridized carbons (Fsp3) is 0.0741. The number of amides is 2. The zero-order chi connectivity index (χ0) is 23.3. The summed E-state index contributed by atoms with van der Waals surface area (Å²) in [5, 5.41) is 4.70. The summed E-state index contributed by atoms with van der Waals surface area (Å²) in [5.74, 6) is -0.122. The predicted octanol–water partition coefficient (Wildman–Crippen LogP) is 4.57. The van der Waals surface area contributed by atoms with Crippen LogP contribution in [0.4, 0.5) is 5.69 Å². The minimum atomic E-state index is -0.680. The van der Waals surface area contributed by atoms with Crippen LogP contribution in [-0.2, 0) is 6.61 Å². The van der Waals surface area contributed by atoms with Crippen molar-refractivity contribution < 1.29 is 14.3 Å². The summed E-state index contributed by atoms with van der Waals surface area (Å²) in [6, 6.07) is 27.7. The van der Waals surface area contributed by atoms with E-state index in [0.717, 1.165) is 11.1 Å². The number of rotatable bonds is 6. The second-order valence-corrected chi connectivity index (χ2v) is 7.76. The van der Waals surface area contributed by atoms with Crippen LogP contribution in [0.25, 0.3) is 0 Å². The number of ether oxygens (including phenoxy) is 1. The molecule has 2 amide bonds. The average Bonchev–Trinajstić information content (AvgIpc) is 2.90. The van der Waals surface area contributed by atoms with Crippen LogP contribution in [0.2, 0.25) is 0 Å². The molecule has 7 heteroatoms. The molecule has 1 aliphatic rings. The molecule has 7 nitrogen and oxygen atoms in total. The molecule has 1 atom stereocenters. The van der Waals surface area contributed by atoms with E-state index < -0.39 is 12.1 Å². The summed E-state index contributed by atoms with van der Waals surface area (Å²) >= 11 is 0. The maximum Gasteiger partial charge on any atom is 0.276 e. The Kier molecular flexibility index (Phi) is 5.90. The Bertz CT molecular complexity index is 1310. The Morgan fingerprint density at radius 3 is 2.44 bits per heavy atom. The summed E-state index contributed by atoms with van der Waals surface area (Å²) in [7, 11) is 0. The van der Waals surface area contributed by atoms with Gasteiger partial charge >= 0.3 is 0 Å². The lowest BCUT2D eigenvalue weighted by molar-refractivity contribution is 0.0487. The molecule has 5 rings (SSSR count). The molecule has 34 heavy (non-hydrogen) atoms. The van der Waals surface area contributed by atoms with Gasteiger partial charge in [-0.05, 0) is 35.9 Å². The Morgan fingerprint density at radius 1 is 0.912 bits per heavy atom. The maximum absolute atomic E-state index is 13.5. The van der Waals surface area contributed by atoms with Crippen molar-refractivity contribution in [2.75, 3.05) is 5.32 Å². The van der Waals surface area contributed by atoms with Crippen molar-refractivity contribution in [1.82, 2.24) is 15.4 Å². The van der Waals surface area contributed by atoms with Gasteiger partial charge in [0, 0.05) is 29.2 Å². The van der Waals surface area contributed by atoms with Crippen molar-refractivity contribution in [3.05, 3.63) is 126 Å². The lowest BCUT2D eigenvalue weighted by atomic mass is 10.0. The first-order valence-electron chi connectivity index (χ1n) is 10.9. The number of hydrogen-bond acceptors (Lipinski definition) is 5. The van der Waals surface area contributed by atoms with Gasteiger partial charge in [0.05, 0.1) is 5.56 Å². The van der Waals surface area contributed by atoms with E-state index in [1.807, 2.05) is 66.7 Å². The van der Waals surface area contributed by atoms with Crippen LogP contribution in [0.5, 0.6) is 5.75 Å². The maximum atomic E-state index is 13.5. The Hall–Kier alpha value is -4.65. The summed E-state index contributed by atoms with van der Waals surface area (Å²) in [6.07, 6.45) is 2.38. The van der Waals surface area contributed by atoms with E-state index >= 15 is 0 Å². The third-order valence-corrected chi connectivity index (χ3v) is 5.54. The summed E-state index contributed by atoms with van der Waals surface area (Å²) in [4.78, 5) is 30.4. The van der Waals surface area contributed by atoms with E-state index in [-0.39, 0.29) is 5.91 Å². The molecule has 0 fully saturated rings. The Labute approximate surface area is 197 Å². The molecule has 1 aromatic heterocycles. The number of nitrogens with one attached hydrogen (secondary N) is 2. The predicted molar refractivity (Wildman–Crippen MR) is 128 cm³/mol. The van der Waals surface area contributed by atoms with Crippen LogP contribution < -0.4 is 15.5 Å². The lowest BCUT2D eigenvalue weighted by Gasteiger charge is -2.38. The quantitative estimate of drug-likeness (QED) is 0.450. The highest BCUT2D eigenvalue weighted by atomic mass is 16.5. The molecule has 0 aliphatic carbocycles. The molecular formula is C27H22N4O3. The minimum Gasteiger partial charge on any atom is -0.488 e. The molecule has 2 N–H and O–H groups in total. The summed E-state index contributed by atoms with van der Waals surface area (Å²) < 4.78 is 6.14. The van der Waals surface area contributed by atoms with Gasteiger partial charge in [0.25, 0.3) is 11.8 Å². The van der Waals surface area contributed by atoms with Crippen LogP contribution in [0, 0.1) is 0 Å². The standard InChI is InChI=1S/C27H22N4O3/c32-26(20-14-16-28-17-15-20)30-31-25(29-23-12-6-4-10-21(23)27(31)33)22-11-5-7-13-24(22)34-18-19-8-2-1-3-9-19/h1-17,25,29H,18H2,(H,30,32)/t25-/m1/s1. The van der Waals surface area contributed by atoms with Crippen molar-refractivity contribution in [2.45, 2.75) is 12.8 Å². The largest absolute Gasteiger partial charge is 0.488 e. The van der Waals surface area contributed by atoms with E-state index in [4.69, 9.17) is 4.74 Å². The van der Waals surface area contributed by atoms with Crippen LogP contribution in [0.1, 0.15) is 38.0 Å². The zero-order valence-corrected chi connectivity index (χ0v) is 18.2. The van der Waals surface area contributed by atoms with Crippen LogP contribution in [-0.4, -0.2) is 21.8 Å². The van der Waals surface area contributed by atoms with E-state index in [9.17, 15) is 9.59 Å². The van der Waals surface area contributed by atoms with E-state index in [1.54, 1.807) is 24.3 Å². The summed E-state index contributed by atoms with van der Waals surface area (Å²) in [5.41, 5.74) is 6.07.